The number of halogens is 1. The average Bonchev–Trinajstić information content (AvgIpc) is 3.56. The SMILES string of the molecule is O=c1[nH]c(NCCC(c2ccccc2)c2ccccc2)c(-c2ccccc2Cl)n1CCCn1ccnc1. The number of hydrogen-bond donors (Lipinski definition) is 2. The highest BCUT2D eigenvalue weighted by Crippen LogP contribution is 2.33. The molecular formula is C30H30ClN5O. The maximum Gasteiger partial charge on any atom is 0.327 e. The van der Waals surface area contributed by atoms with Gasteiger partial charge in [0.2, 0.25) is 0 Å². The van der Waals surface area contributed by atoms with Crippen molar-refractivity contribution in [3.63, 3.8) is 0 Å². The molecule has 5 aromatic rings. The lowest BCUT2D eigenvalue weighted by Crippen LogP contribution is -2.18. The summed E-state index contributed by atoms with van der Waals surface area (Å²) in [5, 5.41) is 4.13. The molecule has 0 bridgehead atoms. The molecule has 2 aromatic heterocycles. The van der Waals surface area contributed by atoms with Crippen LogP contribution in [0.1, 0.15) is 29.9 Å². The van der Waals surface area contributed by atoms with Crippen LogP contribution in [0.5, 0.6) is 0 Å². The van der Waals surface area contributed by atoms with Gasteiger partial charge in [0.15, 0.2) is 0 Å². The fourth-order valence-corrected chi connectivity index (χ4v) is 5.04. The molecule has 0 aliphatic carbocycles. The molecule has 7 heteroatoms. The summed E-state index contributed by atoms with van der Waals surface area (Å²) in [4.78, 5) is 20.2. The summed E-state index contributed by atoms with van der Waals surface area (Å²) in [6, 6.07) is 28.7. The molecule has 0 saturated carbocycles. The topological polar surface area (TPSA) is 67.6 Å². The summed E-state index contributed by atoms with van der Waals surface area (Å²) < 4.78 is 3.80. The van der Waals surface area contributed by atoms with Gasteiger partial charge >= 0.3 is 5.69 Å². The van der Waals surface area contributed by atoms with Gasteiger partial charge in [0, 0.05) is 43.5 Å². The van der Waals surface area contributed by atoms with E-state index in [2.05, 4.69) is 63.8 Å². The molecular weight excluding hydrogens is 482 g/mol. The summed E-state index contributed by atoms with van der Waals surface area (Å²) in [5.41, 5.74) is 4.01. The van der Waals surface area contributed by atoms with Gasteiger partial charge in [0.05, 0.1) is 17.0 Å². The van der Waals surface area contributed by atoms with Crippen molar-refractivity contribution in [2.24, 2.45) is 0 Å². The van der Waals surface area contributed by atoms with Gasteiger partial charge in [-0.15, -0.1) is 0 Å². The van der Waals surface area contributed by atoms with E-state index in [0.29, 0.717) is 23.9 Å². The Hall–Kier alpha value is -4.03. The first-order chi connectivity index (χ1) is 18.2. The monoisotopic (exact) mass is 511 g/mol. The van der Waals surface area contributed by atoms with Gasteiger partial charge in [-0.2, -0.15) is 0 Å². The number of anilines is 1. The number of hydrogen-bond acceptors (Lipinski definition) is 3. The van der Waals surface area contributed by atoms with Crippen LogP contribution in [0.3, 0.4) is 0 Å². The van der Waals surface area contributed by atoms with Crippen molar-refractivity contribution in [1.82, 2.24) is 19.1 Å². The van der Waals surface area contributed by atoms with E-state index in [0.717, 1.165) is 30.6 Å². The van der Waals surface area contributed by atoms with Crippen LogP contribution in [-0.4, -0.2) is 25.6 Å². The Labute approximate surface area is 221 Å². The number of imidazole rings is 2. The van der Waals surface area contributed by atoms with Crippen LogP contribution in [0.15, 0.2) is 108 Å². The fraction of sp³-hybridized carbons (Fsp3) is 0.200. The van der Waals surface area contributed by atoms with E-state index in [4.69, 9.17) is 11.6 Å². The zero-order valence-corrected chi connectivity index (χ0v) is 21.3. The number of nitrogens with one attached hydrogen (secondary N) is 2. The van der Waals surface area contributed by atoms with Gasteiger partial charge < -0.3 is 9.88 Å². The molecule has 0 fully saturated rings. The molecule has 2 heterocycles. The largest absolute Gasteiger partial charge is 0.370 e. The van der Waals surface area contributed by atoms with Crippen LogP contribution in [-0.2, 0) is 13.1 Å². The van der Waals surface area contributed by atoms with Crippen molar-refractivity contribution in [1.29, 1.82) is 0 Å². The standard InChI is InChI=1S/C30H30ClN5O/c31-27-15-8-7-14-26(27)28-29(34-30(37)36(28)20-9-19-35-21-18-32-22-35)33-17-16-25(23-10-3-1-4-11-23)24-12-5-2-6-13-24/h1-8,10-15,18,21-22,25,33H,9,16-17,19-20H2,(H,34,37). The van der Waals surface area contributed by atoms with E-state index in [-0.39, 0.29) is 11.6 Å². The number of aryl methyl sites for hydroxylation is 1. The van der Waals surface area contributed by atoms with E-state index in [1.54, 1.807) is 17.1 Å². The van der Waals surface area contributed by atoms with Crippen LogP contribution < -0.4 is 11.0 Å². The minimum Gasteiger partial charge on any atom is -0.370 e. The molecule has 0 unspecified atom stereocenters. The van der Waals surface area contributed by atoms with Crippen LogP contribution in [0.2, 0.25) is 5.02 Å². The van der Waals surface area contributed by atoms with Crippen molar-refractivity contribution in [2.45, 2.75) is 31.8 Å². The zero-order chi connectivity index (χ0) is 25.5. The van der Waals surface area contributed by atoms with Gasteiger partial charge in [-0.3, -0.25) is 9.55 Å². The Morgan fingerprint density at radius 2 is 1.57 bits per heavy atom. The van der Waals surface area contributed by atoms with Crippen LogP contribution in [0, 0.1) is 0 Å². The summed E-state index contributed by atoms with van der Waals surface area (Å²) in [5.74, 6) is 0.934. The van der Waals surface area contributed by atoms with Gasteiger partial charge in [0.25, 0.3) is 0 Å². The second-order valence-corrected chi connectivity index (χ2v) is 9.44. The van der Waals surface area contributed by atoms with Crippen LogP contribution in [0.4, 0.5) is 5.82 Å². The second kappa shape index (κ2) is 11.8. The second-order valence-electron chi connectivity index (χ2n) is 9.03. The van der Waals surface area contributed by atoms with E-state index in [1.165, 1.54) is 11.1 Å². The van der Waals surface area contributed by atoms with Crippen molar-refractivity contribution < 1.29 is 0 Å². The molecule has 2 N–H and O–H groups in total. The highest BCUT2D eigenvalue weighted by atomic mass is 35.5. The third-order valence-corrected chi connectivity index (χ3v) is 6.94. The van der Waals surface area contributed by atoms with Crippen molar-refractivity contribution >= 4 is 17.4 Å². The third kappa shape index (κ3) is 5.87. The van der Waals surface area contributed by atoms with Crippen LogP contribution >= 0.6 is 11.6 Å². The van der Waals surface area contributed by atoms with Crippen molar-refractivity contribution in [3.8, 4) is 11.3 Å². The molecule has 0 spiro atoms. The molecule has 0 atom stereocenters. The minimum atomic E-state index is -0.147. The maximum absolute atomic E-state index is 13.1. The first-order valence-corrected chi connectivity index (χ1v) is 13.0. The lowest BCUT2D eigenvalue weighted by atomic mass is 9.88. The summed E-state index contributed by atoms with van der Waals surface area (Å²) >= 11 is 6.60. The minimum absolute atomic E-state index is 0.147. The molecule has 0 amide bonds. The Morgan fingerprint density at radius 3 is 2.22 bits per heavy atom. The number of benzene rings is 3. The van der Waals surface area contributed by atoms with E-state index in [9.17, 15) is 4.79 Å². The quantitative estimate of drug-likeness (QED) is 0.215. The Bertz CT molecular complexity index is 1420. The van der Waals surface area contributed by atoms with Gasteiger partial charge in [-0.25, -0.2) is 9.78 Å². The first kappa shape index (κ1) is 24.7. The highest BCUT2D eigenvalue weighted by Gasteiger charge is 2.19. The molecule has 188 valence electrons. The number of aromatic amines is 1. The van der Waals surface area contributed by atoms with E-state index >= 15 is 0 Å². The maximum atomic E-state index is 13.1. The van der Waals surface area contributed by atoms with E-state index < -0.39 is 0 Å². The molecule has 0 radical (unpaired) electrons. The zero-order valence-electron chi connectivity index (χ0n) is 20.6. The normalized spacial score (nSPS) is 11.2. The molecule has 5 rings (SSSR count). The lowest BCUT2D eigenvalue weighted by Gasteiger charge is -2.19. The van der Waals surface area contributed by atoms with Crippen molar-refractivity contribution in [2.75, 3.05) is 11.9 Å². The fourth-order valence-electron chi connectivity index (χ4n) is 4.81. The molecule has 3 aromatic carbocycles. The Balaban J connectivity index is 1.39. The lowest BCUT2D eigenvalue weighted by molar-refractivity contribution is 0.557. The molecule has 0 aliphatic rings. The summed E-state index contributed by atoms with van der Waals surface area (Å²) in [6.45, 7) is 2.02. The molecule has 37 heavy (non-hydrogen) atoms. The number of nitrogens with zero attached hydrogens (tertiary/aromatic N) is 3. The van der Waals surface area contributed by atoms with Gasteiger partial charge in [-0.1, -0.05) is 90.5 Å². The Morgan fingerprint density at radius 1 is 0.892 bits per heavy atom. The molecule has 0 saturated heterocycles. The van der Waals surface area contributed by atoms with E-state index in [1.807, 2.05) is 47.2 Å². The first-order valence-electron chi connectivity index (χ1n) is 12.6. The number of rotatable bonds is 11. The smallest absolute Gasteiger partial charge is 0.327 e. The Kier molecular flexibility index (Phi) is 7.87. The molecule has 6 nitrogen and oxygen atoms in total. The van der Waals surface area contributed by atoms with Crippen molar-refractivity contribution in [3.05, 3.63) is 130 Å². The summed E-state index contributed by atoms with van der Waals surface area (Å²) in [6.07, 6.45) is 7.13. The molecule has 0 aliphatic heterocycles. The number of H-pyrrole nitrogens is 1. The van der Waals surface area contributed by atoms with Gasteiger partial charge in [-0.05, 0) is 30.0 Å². The predicted octanol–water partition coefficient (Wildman–Crippen LogP) is 6.42. The summed E-state index contributed by atoms with van der Waals surface area (Å²) in [7, 11) is 0. The van der Waals surface area contributed by atoms with Crippen LogP contribution in [0.25, 0.3) is 11.3 Å². The predicted molar refractivity (Wildman–Crippen MR) is 150 cm³/mol. The average molecular weight is 512 g/mol. The van der Waals surface area contributed by atoms with Gasteiger partial charge in [0.1, 0.15) is 5.82 Å². The number of aromatic nitrogens is 4. The third-order valence-electron chi connectivity index (χ3n) is 6.61. The highest BCUT2D eigenvalue weighted by molar-refractivity contribution is 6.33.